The lowest BCUT2D eigenvalue weighted by molar-refractivity contribution is 0.0905. The summed E-state index contributed by atoms with van der Waals surface area (Å²) in [5.41, 5.74) is 7.37. The van der Waals surface area contributed by atoms with Gasteiger partial charge in [0.1, 0.15) is 0 Å². The van der Waals surface area contributed by atoms with Gasteiger partial charge in [-0.15, -0.1) is 0 Å². The van der Waals surface area contributed by atoms with Gasteiger partial charge in [-0.1, -0.05) is 39.0 Å². The van der Waals surface area contributed by atoms with E-state index in [9.17, 15) is 4.79 Å². The molecule has 0 heterocycles. The number of amides is 1. The molecule has 1 amide bonds. The van der Waals surface area contributed by atoms with E-state index in [1.807, 2.05) is 31.2 Å². The number of rotatable bonds is 3. The topological polar surface area (TPSA) is 55.1 Å². The van der Waals surface area contributed by atoms with Crippen LogP contribution in [0.5, 0.6) is 0 Å². The molecule has 94 valence electrons. The Morgan fingerprint density at radius 2 is 1.94 bits per heavy atom. The van der Waals surface area contributed by atoms with Crippen molar-refractivity contribution in [2.24, 2.45) is 11.1 Å². The summed E-state index contributed by atoms with van der Waals surface area (Å²) in [4.78, 5) is 12.1. The van der Waals surface area contributed by atoms with E-state index in [0.717, 1.165) is 11.1 Å². The van der Waals surface area contributed by atoms with Gasteiger partial charge >= 0.3 is 0 Å². The lowest BCUT2D eigenvalue weighted by atomic mass is 9.86. The number of benzene rings is 1. The Kier molecular flexibility index (Phi) is 4.29. The van der Waals surface area contributed by atoms with Crippen LogP contribution in [0.2, 0.25) is 0 Å². The minimum Gasteiger partial charge on any atom is -0.347 e. The predicted octanol–water partition coefficient (Wildman–Crippen LogP) is 2.10. The van der Waals surface area contributed by atoms with Crippen LogP contribution in [0.15, 0.2) is 24.3 Å². The molecule has 3 heteroatoms. The van der Waals surface area contributed by atoms with E-state index in [0.29, 0.717) is 6.54 Å². The van der Waals surface area contributed by atoms with E-state index in [2.05, 4.69) is 26.1 Å². The van der Waals surface area contributed by atoms with Gasteiger partial charge in [0.25, 0.3) is 5.91 Å². The Bertz CT molecular complexity index is 393. The minimum absolute atomic E-state index is 0.0189. The van der Waals surface area contributed by atoms with E-state index in [4.69, 9.17) is 5.73 Å². The predicted molar refractivity (Wildman–Crippen MR) is 70.9 cm³/mol. The number of carbonyl (C=O) groups excluding carboxylic acids is 1. The molecule has 1 unspecified atom stereocenters. The first-order valence-electron chi connectivity index (χ1n) is 5.93. The minimum atomic E-state index is -0.0477. The van der Waals surface area contributed by atoms with Crippen LogP contribution in [0, 0.1) is 12.3 Å². The van der Waals surface area contributed by atoms with Gasteiger partial charge in [-0.25, -0.2) is 0 Å². The van der Waals surface area contributed by atoms with Gasteiger partial charge in [0.2, 0.25) is 0 Å². The van der Waals surface area contributed by atoms with Gasteiger partial charge in [0.05, 0.1) is 0 Å². The summed E-state index contributed by atoms with van der Waals surface area (Å²) < 4.78 is 0. The third-order valence-corrected chi connectivity index (χ3v) is 2.98. The average Bonchev–Trinajstić information content (AvgIpc) is 2.24. The highest BCUT2D eigenvalue weighted by Crippen LogP contribution is 2.19. The van der Waals surface area contributed by atoms with Crippen LogP contribution in [0.25, 0.3) is 0 Å². The molecule has 0 fully saturated rings. The van der Waals surface area contributed by atoms with Crippen molar-refractivity contribution in [3.8, 4) is 0 Å². The smallest absolute Gasteiger partial charge is 0.251 e. The van der Waals surface area contributed by atoms with Crippen LogP contribution >= 0.6 is 0 Å². The van der Waals surface area contributed by atoms with Crippen LogP contribution in [-0.2, 0) is 0 Å². The molecule has 1 rings (SSSR count). The first kappa shape index (κ1) is 13.7. The highest BCUT2D eigenvalue weighted by atomic mass is 16.1. The molecule has 0 spiro atoms. The maximum atomic E-state index is 12.1. The first-order valence-corrected chi connectivity index (χ1v) is 5.93. The standard InChI is InChI=1S/C14H22N2O/c1-10-7-5-6-8-11(10)13(17)16-12(9-15)14(2,3)4/h5-8,12H,9,15H2,1-4H3,(H,16,17). The van der Waals surface area contributed by atoms with Crippen molar-refractivity contribution in [1.82, 2.24) is 5.32 Å². The molecule has 0 radical (unpaired) electrons. The summed E-state index contributed by atoms with van der Waals surface area (Å²) in [5, 5.41) is 3.00. The Balaban J connectivity index is 2.83. The summed E-state index contributed by atoms with van der Waals surface area (Å²) in [6.45, 7) is 8.60. The van der Waals surface area contributed by atoms with E-state index in [1.165, 1.54) is 0 Å². The van der Waals surface area contributed by atoms with Gasteiger partial charge in [0.15, 0.2) is 0 Å². The molecule has 0 saturated carbocycles. The van der Waals surface area contributed by atoms with E-state index >= 15 is 0 Å². The Labute approximate surface area is 103 Å². The van der Waals surface area contributed by atoms with Gasteiger partial charge in [-0.2, -0.15) is 0 Å². The molecule has 3 N–H and O–H groups in total. The zero-order valence-electron chi connectivity index (χ0n) is 11.1. The largest absolute Gasteiger partial charge is 0.347 e. The van der Waals surface area contributed by atoms with Crippen molar-refractivity contribution in [2.75, 3.05) is 6.54 Å². The Morgan fingerprint density at radius 1 is 1.35 bits per heavy atom. The summed E-state index contributed by atoms with van der Waals surface area (Å²) in [7, 11) is 0. The number of hydrogen-bond donors (Lipinski definition) is 2. The Hall–Kier alpha value is -1.35. The fourth-order valence-electron chi connectivity index (χ4n) is 1.69. The molecule has 3 nitrogen and oxygen atoms in total. The highest BCUT2D eigenvalue weighted by Gasteiger charge is 2.25. The molecular formula is C14H22N2O. The van der Waals surface area contributed by atoms with E-state index < -0.39 is 0 Å². The fourth-order valence-corrected chi connectivity index (χ4v) is 1.69. The normalized spacial score (nSPS) is 13.2. The monoisotopic (exact) mass is 234 g/mol. The second-order valence-electron chi connectivity index (χ2n) is 5.44. The van der Waals surface area contributed by atoms with Crippen LogP contribution in [-0.4, -0.2) is 18.5 Å². The van der Waals surface area contributed by atoms with Gasteiger partial charge in [-0.05, 0) is 24.0 Å². The zero-order valence-corrected chi connectivity index (χ0v) is 11.1. The number of aryl methyl sites for hydroxylation is 1. The third-order valence-electron chi connectivity index (χ3n) is 2.98. The SMILES string of the molecule is Cc1ccccc1C(=O)NC(CN)C(C)(C)C. The molecule has 17 heavy (non-hydrogen) atoms. The quantitative estimate of drug-likeness (QED) is 0.841. The number of hydrogen-bond acceptors (Lipinski definition) is 2. The molecule has 1 aromatic carbocycles. The molecular weight excluding hydrogens is 212 g/mol. The Morgan fingerprint density at radius 3 is 2.41 bits per heavy atom. The van der Waals surface area contributed by atoms with Crippen LogP contribution in [0.3, 0.4) is 0 Å². The molecule has 0 saturated heterocycles. The molecule has 1 aromatic rings. The van der Waals surface area contributed by atoms with Gasteiger partial charge in [-0.3, -0.25) is 4.79 Å². The van der Waals surface area contributed by atoms with Crippen molar-refractivity contribution >= 4 is 5.91 Å². The van der Waals surface area contributed by atoms with Crippen molar-refractivity contribution in [3.63, 3.8) is 0 Å². The first-order chi connectivity index (χ1) is 7.86. The lowest BCUT2D eigenvalue weighted by Crippen LogP contribution is -2.48. The summed E-state index contributed by atoms with van der Waals surface area (Å²) >= 11 is 0. The lowest BCUT2D eigenvalue weighted by Gasteiger charge is -2.30. The van der Waals surface area contributed by atoms with E-state index in [-0.39, 0.29) is 17.4 Å². The second-order valence-corrected chi connectivity index (χ2v) is 5.44. The molecule has 0 aliphatic carbocycles. The number of nitrogens with one attached hydrogen (secondary N) is 1. The summed E-state index contributed by atoms with van der Waals surface area (Å²) in [6.07, 6.45) is 0. The zero-order chi connectivity index (χ0) is 13.1. The van der Waals surface area contributed by atoms with Crippen LogP contribution in [0.1, 0.15) is 36.7 Å². The van der Waals surface area contributed by atoms with Crippen LogP contribution < -0.4 is 11.1 Å². The van der Waals surface area contributed by atoms with Gasteiger partial charge in [0, 0.05) is 18.2 Å². The van der Waals surface area contributed by atoms with Crippen molar-refractivity contribution in [1.29, 1.82) is 0 Å². The number of carbonyl (C=O) groups is 1. The summed E-state index contributed by atoms with van der Waals surface area (Å²) in [6, 6.07) is 7.55. The maximum Gasteiger partial charge on any atom is 0.251 e. The average molecular weight is 234 g/mol. The van der Waals surface area contributed by atoms with E-state index in [1.54, 1.807) is 0 Å². The fraction of sp³-hybridized carbons (Fsp3) is 0.500. The van der Waals surface area contributed by atoms with Crippen LogP contribution in [0.4, 0.5) is 0 Å². The third kappa shape index (κ3) is 3.56. The van der Waals surface area contributed by atoms with Gasteiger partial charge < -0.3 is 11.1 Å². The molecule has 1 atom stereocenters. The maximum absolute atomic E-state index is 12.1. The molecule has 0 aliphatic rings. The molecule has 0 bridgehead atoms. The van der Waals surface area contributed by atoms with Crippen molar-refractivity contribution in [3.05, 3.63) is 35.4 Å². The van der Waals surface area contributed by atoms with Crippen molar-refractivity contribution < 1.29 is 4.79 Å². The molecule has 0 aliphatic heterocycles. The number of nitrogens with two attached hydrogens (primary N) is 1. The molecule has 0 aromatic heterocycles. The van der Waals surface area contributed by atoms with Crippen molar-refractivity contribution in [2.45, 2.75) is 33.7 Å². The second kappa shape index (κ2) is 5.32. The highest BCUT2D eigenvalue weighted by molar-refractivity contribution is 5.95. The summed E-state index contributed by atoms with van der Waals surface area (Å²) in [5.74, 6) is -0.0477.